The third-order valence-electron chi connectivity index (χ3n) is 5.03. The molecule has 1 aliphatic rings. The number of aryl methyl sites for hydroxylation is 1. The Kier molecular flexibility index (Phi) is 4.92. The number of pyridine rings is 1. The summed E-state index contributed by atoms with van der Waals surface area (Å²) in [5, 5.41) is 4.09. The van der Waals surface area contributed by atoms with Crippen LogP contribution in [0, 0.1) is 0 Å². The van der Waals surface area contributed by atoms with Gasteiger partial charge in [-0.15, -0.1) is 0 Å². The Labute approximate surface area is 169 Å². The van der Waals surface area contributed by atoms with Gasteiger partial charge in [-0.1, -0.05) is 6.07 Å². The zero-order valence-electron chi connectivity index (χ0n) is 16.0. The number of nitrogens with one attached hydrogen (secondary N) is 1. The van der Waals surface area contributed by atoms with E-state index < -0.39 is 0 Å². The van der Waals surface area contributed by atoms with Gasteiger partial charge in [-0.3, -0.25) is 4.98 Å². The SMILES string of the molecule is COc1ccc(N2C(=S)NC(c3ccccn3)C2c2cccn2C)c(OC)c1. The summed E-state index contributed by atoms with van der Waals surface area (Å²) in [7, 11) is 5.33. The van der Waals surface area contributed by atoms with E-state index in [1.807, 2.05) is 55.7 Å². The quantitative estimate of drug-likeness (QED) is 0.667. The molecule has 144 valence electrons. The van der Waals surface area contributed by atoms with Crippen LogP contribution in [0.15, 0.2) is 60.9 Å². The lowest BCUT2D eigenvalue weighted by molar-refractivity contribution is 0.394. The van der Waals surface area contributed by atoms with Crippen LogP contribution in [-0.2, 0) is 7.05 Å². The average Bonchev–Trinajstić information content (AvgIpc) is 3.30. The normalized spacial score (nSPS) is 18.8. The van der Waals surface area contributed by atoms with Gasteiger partial charge in [0.25, 0.3) is 0 Å². The fourth-order valence-corrected chi connectivity index (χ4v) is 4.02. The van der Waals surface area contributed by atoms with Gasteiger partial charge in [-0.2, -0.15) is 0 Å². The van der Waals surface area contributed by atoms with Crippen molar-refractivity contribution in [2.24, 2.45) is 7.05 Å². The van der Waals surface area contributed by atoms with E-state index in [9.17, 15) is 0 Å². The van der Waals surface area contributed by atoms with Crippen LogP contribution in [0.1, 0.15) is 23.5 Å². The number of nitrogens with zero attached hydrogens (tertiary/aromatic N) is 3. The molecule has 3 aromatic rings. The van der Waals surface area contributed by atoms with Crippen molar-refractivity contribution in [3.63, 3.8) is 0 Å². The molecule has 2 atom stereocenters. The largest absolute Gasteiger partial charge is 0.497 e. The molecule has 0 saturated carbocycles. The molecule has 7 heteroatoms. The fraction of sp³-hybridized carbons (Fsp3) is 0.238. The molecule has 1 aliphatic heterocycles. The lowest BCUT2D eigenvalue weighted by Gasteiger charge is -2.29. The van der Waals surface area contributed by atoms with Crippen molar-refractivity contribution in [2.75, 3.05) is 19.1 Å². The highest BCUT2D eigenvalue weighted by atomic mass is 32.1. The second kappa shape index (κ2) is 7.52. The van der Waals surface area contributed by atoms with Crippen LogP contribution < -0.4 is 19.7 Å². The number of benzene rings is 1. The molecule has 3 heterocycles. The topological polar surface area (TPSA) is 51.5 Å². The Morgan fingerprint density at radius 1 is 1.07 bits per heavy atom. The second-order valence-corrected chi connectivity index (χ2v) is 6.97. The van der Waals surface area contributed by atoms with Gasteiger partial charge < -0.3 is 24.3 Å². The molecule has 1 N–H and O–H groups in total. The summed E-state index contributed by atoms with van der Waals surface area (Å²) in [4.78, 5) is 6.67. The van der Waals surface area contributed by atoms with Gasteiger partial charge in [0.05, 0.1) is 31.6 Å². The fourth-order valence-electron chi connectivity index (χ4n) is 3.68. The van der Waals surface area contributed by atoms with E-state index in [-0.39, 0.29) is 12.1 Å². The first-order valence-corrected chi connectivity index (χ1v) is 9.38. The summed E-state index contributed by atoms with van der Waals surface area (Å²) in [5.41, 5.74) is 2.94. The second-order valence-electron chi connectivity index (χ2n) is 6.58. The third-order valence-corrected chi connectivity index (χ3v) is 5.35. The summed E-state index contributed by atoms with van der Waals surface area (Å²) < 4.78 is 13.1. The van der Waals surface area contributed by atoms with Gasteiger partial charge in [0.15, 0.2) is 5.11 Å². The van der Waals surface area contributed by atoms with Crippen molar-refractivity contribution < 1.29 is 9.47 Å². The van der Waals surface area contributed by atoms with Gasteiger partial charge in [0.2, 0.25) is 0 Å². The van der Waals surface area contributed by atoms with E-state index in [0.717, 1.165) is 22.8 Å². The number of anilines is 1. The minimum atomic E-state index is -0.0888. The minimum Gasteiger partial charge on any atom is -0.497 e. The third kappa shape index (κ3) is 3.07. The molecule has 2 aromatic heterocycles. The summed E-state index contributed by atoms with van der Waals surface area (Å²) >= 11 is 5.75. The van der Waals surface area contributed by atoms with Gasteiger partial charge in [0.1, 0.15) is 17.5 Å². The zero-order valence-corrected chi connectivity index (χ0v) is 16.8. The van der Waals surface area contributed by atoms with Crippen LogP contribution in [0.3, 0.4) is 0 Å². The Morgan fingerprint density at radius 3 is 2.57 bits per heavy atom. The van der Waals surface area contributed by atoms with Crippen molar-refractivity contribution in [3.05, 3.63) is 72.3 Å². The number of methoxy groups -OCH3 is 2. The predicted molar refractivity (Wildman–Crippen MR) is 113 cm³/mol. The molecule has 1 aromatic carbocycles. The van der Waals surface area contributed by atoms with Crippen molar-refractivity contribution in [3.8, 4) is 11.5 Å². The van der Waals surface area contributed by atoms with Crippen LogP contribution in [0.4, 0.5) is 5.69 Å². The zero-order chi connectivity index (χ0) is 19.7. The molecule has 0 spiro atoms. The first kappa shape index (κ1) is 18.3. The summed E-state index contributed by atoms with van der Waals surface area (Å²) in [6.07, 6.45) is 3.84. The standard InChI is InChI=1S/C21H22N4O2S/c1-24-12-6-8-17(24)20-19(15-7-4-5-11-22-15)23-21(28)25(20)16-10-9-14(26-2)13-18(16)27-3/h4-13,19-20H,1-3H3,(H,23,28). The lowest BCUT2D eigenvalue weighted by Crippen LogP contribution is -2.30. The highest BCUT2D eigenvalue weighted by Crippen LogP contribution is 2.45. The highest BCUT2D eigenvalue weighted by molar-refractivity contribution is 7.80. The molecule has 4 rings (SSSR count). The van der Waals surface area contributed by atoms with E-state index in [0.29, 0.717) is 10.9 Å². The van der Waals surface area contributed by atoms with Crippen LogP contribution in [0.5, 0.6) is 11.5 Å². The highest BCUT2D eigenvalue weighted by Gasteiger charge is 2.42. The van der Waals surface area contributed by atoms with E-state index in [1.165, 1.54) is 0 Å². The maximum absolute atomic E-state index is 5.75. The maximum atomic E-state index is 5.75. The average molecular weight is 395 g/mol. The molecular formula is C21H22N4O2S. The molecule has 1 saturated heterocycles. The van der Waals surface area contributed by atoms with Crippen molar-refractivity contribution in [1.29, 1.82) is 0 Å². The van der Waals surface area contributed by atoms with Gasteiger partial charge >= 0.3 is 0 Å². The Morgan fingerprint density at radius 2 is 1.93 bits per heavy atom. The van der Waals surface area contributed by atoms with Gasteiger partial charge in [-0.25, -0.2) is 0 Å². The smallest absolute Gasteiger partial charge is 0.174 e. The number of aromatic nitrogens is 2. The Hall–Kier alpha value is -3.06. The molecule has 0 radical (unpaired) electrons. The van der Waals surface area contributed by atoms with E-state index in [2.05, 4.69) is 25.8 Å². The van der Waals surface area contributed by atoms with E-state index in [1.54, 1.807) is 20.4 Å². The first-order valence-electron chi connectivity index (χ1n) is 8.98. The summed E-state index contributed by atoms with van der Waals surface area (Å²) in [6, 6.07) is 15.7. The number of hydrogen-bond donors (Lipinski definition) is 1. The Balaban J connectivity index is 1.86. The molecule has 0 bridgehead atoms. The van der Waals surface area contributed by atoms with Gasteiger partial charge in [0, 0.05) is 31.2 Å². The van der Waals surface area contributed by atoms with E-state index in [4.69, 9.17) is 21.7 Å². The molecule has 1 fully saturated rings. The first-order chi connectivity index (χ1) is 13.6. The molecular weight excluding hydrogens is 372 g/mol. The molecule has 0 amide bonds. The van der Waals surface area contributed by atoms with Crippen molar-refractivity contribution >= 4 is 23.0 Å². The minimum absolute atomic E-state index is 0.0790. The molecule has 2 unspecified atom stereocenters. The maximum Gasteiger partial charge on any atom is 0.174 e. The summed E-state index contributed by atoms with van der Waals surface area (Å²) in [5.74, 6) is 1.43. The Bertz CT molecular complexity index is 989. The van der Waals surface area contributed by atoms with Crippen molar-refractivity contribution in [1.82, 2.24) is 14.9 Å². The van der Waals surface area contributed by atoms with E-state index >= 15 is 0 Å². The van der Waals surface area contributed by atoms with Crippen LogP contribution in [0.25, 0.3) is 0 Å². The number of ether oxygens (including phenoxy) is 2. The monoisotopic (exact) mass is 394 g/mol. The van der Waals surface area contributed by atoms with Crippen LogP contribution in [0.2, 0.25) is 0 Å². The predicted octanol–water partition coefficient (Wildman–Crippen LogP) is 3.61. The number of hydrogen-bond acceptors (Lipinski definition) is 4. The molecule has 6 nitrogen and oxygen atoms in total. The number of thiocarbonyl (C=S) groups is 1. The molecule has 0 aliphatic carbocycles. The molecule has 28 heavy (non-hydrogen) atoms. The van der Waals surface area contributed by atoms with Gasteiger partial charge in [-0.05, 0) is 48.6 Å². The summed E-state index contributed by atoms with van der Waals surface area (Å²) in [6.45, 7) is 0. The number of rotatable bonds is 5. The van der Waals surface area contributed by atoms with Crippen LogP contribution >= 0.6 is 12.2 Å². The van der Waals surface area contributed by atoms with Crippen molar-refractivity contribution in [2.45, 2.75) is 12.1 Å². The van der Waals surface area contributed by atoms with Crippen LogP contribution in [-0.4, -0.2) is 28.9 Å². The lowest BCUT2D eigenvalue weighted by atomic mass is 10.0.